The van der Waals surface area contributed by atoms with Crippen molar-refractivity contribution in [2.45, 2.75) is 20.0 Å². The molecule has 4 nitrogen and oxygen atoms in total. The normalized spacial score (nSPS) is 11.2. The molecule has 0 aliphatic heterocycles. The van der Waals surface area contributed by atoms with Crippen LogP contribution in [0.15, 0.2) is 23.0 Å². The minimum Gasteiger partial charge on any atom is -0.392 e. The van der Waals surface area contributed by atoms with Crippen LogP contribution in [0.4, 0.5) is 0 Å². The Morgan fingerprint density at radius 3 is 2.90 bits per heavy atom. The number of hydrogen-bond acceptors (Lipinski definition) is 5. The van der Waals surface area contributed by atoms with E-state index in [0.29, 0.717) is 6.54 Å². The van der Waals surface area contributed by atoms with Crippen LogP contribution in [0.2, 0.25) is 0 Å². The van der Waals surface area contributed by atoms with Gasteiger partial charge in [0.25, 0.3) is 0 Å². The largest absolute Gasteiger partial charge is 0.392 e. The lowest BCUT2D eigenvalue weighted by Gasteiger charge is -2.14. The van der Waals surface area contributed by atoms with Gasteiger partial charge in [0, 0.05) is 35.8 Å². The van der Waals surface area contributed by atoms with Crippen LogP contribution in [0, 0.1) is 6.92 Å². The number of amides is 1. The molecule has 1 N–H and O–H groups in total. The fourth-order valence-electron chi connectivity index (χ4n) is 1.79. The molecule has 0 atom stereocenters. The summed E-state index contributed by atoms with van der Waals surface area (Å²) in [6, 6.07) is 1.88. The highest BCUT2D eigenvalue weighted by atomic mass is 32.1. The molecule has 0 spiro atoms. The van der Waals surface area contributed by atoms with E-state index in [1.807, 2.05) is 23.9 Å². The molecule has 2 aromatic heterocycles. The van der Waals surface area contributed by atoms with Gasteiger partial charge in [-0.25, -0.2) is 4.98 Å². The van der Waals surface area contributed by atoms with Gasteiger partial charge in [-0.15, -0.1) is 22.7 Å². The number of aromatic nitrogens is 1. The summed E-state index contributed by atoms with van der Waals surface area (Å²) in [6.07, 6.45) is 4.20. The van der Waals surface area contributed by atoms with E-state index in [1.54, 1.807) is 35.4 Å². The van der Waals surface area contributed by atoms with Gasteiger partial charge in [-0.05, 0) is 30.0 Å². The number of thiazole rings is 1. The minimum atomic E-state index is -0.0175. The van der Waals surface area contributed by atoms with E-state index < -0.39 is 0 Å². The molecule has 2 aromatic rings. The van der Waals surface area contributed by atoms with Crippen molar-refractivity contribution in [3.8, 4) is 0 Å². The highest BCUT2D eigenvalue weighted by Crippen LogP contribution is 2.16. The lowest BCUT2D eigenvalue weighted by Crippen LogP contribution is -2.26. The maximum atomic E-state index is 12.0. The molecule has 2 heterocycles. The Bertz CT molecular complexity index is 631. The van der Waals surface area contributed by atoms with Crippen LogP contribution in [0.1, 0.15) is 21.0 Å². The summed E-state index contributed by atoms with van der Waals surface area (Å²) in [6.45, 7) is 2.70. The number of carbonyl (C=O) groups is 1. The van der Waals surface area contributed by atoms with Crippen LogP contribution in [-0.2, 0) is 17.8 Å². The zero-order valence-corrected chi connectivity index (χ0v) is 13.7. The third-order valence-electron chi connectivity index (χ3n) is 3.14. The summed E-state index contributed by atoms with van der Waals surface area (Å²) >= 11 is 3.15. The van der Waals surface area contributed by atoms with Gasteiger partial charge in [-0.1, -0.05) is 0 Å². The number of aryl methyl sites for hydroxylation is 1. The van der Waals surface area contributed by atoms with Crippen LogP contribution in [0.5, 0.6) is 0 Å². The highest BCUT2D eigenvalue weighted by molar-refractivity contribution is 7.11. The van der Waals surface area contributed by atoms with E-state index in [2.05, 4.69) is 4.98 Å². The fraction of sp³-hybridized carbons (Fsp3) is 0.333. The van der Waals surface area contributed by atoms with Crippen molar-refractivity contribution >= 4 is 34.7 Å². The second-order valence-corrected chi connectivity index (χ2v) is 6.60. The van der Waals surface area contributed by atoms with Gasteiger partial charge >= 0.3 is 0 Å². The molecule has 6 heteroatoms. The quantitative estimate of drug-likeness (QED) is 0.832. The summed E-state index contributed by atoms with van der Waals surface area (Å²) in [5.41, 5.74) is 3.76. The van der Waals surface area contributed by atoms with Crippen LogP contribution in [0.3, 0.4) is 0 Å². The van der Waals surface area contributed by atoms with Gasteiger partial charge in [-0.2, -0.15) is 0 Å². The molecule has 0 bridgehead atoms. The predicted molar refractivity (Wildman–Crippen MR) is 87.5 cm³/mol. The average Bonchev–Trinajstić information content (AvgIpc) is 3.10. The molecule has 2 rings (SSSR count). The van der Waals surface area contributed by atoms with Crippen molar-refractivity contribution in [3.05, 3.63) is 44.0 Å². The van der Waals surface area contributed by atoms with E-state index >= 15 is 0 Å². The second kappa shape index (κ2) is 7.49. The van der Waals surface area contributed by atoms with E-state index in [-0.39, 0.29) is 12.5 Å². The molecule has 0 radical (unpaired) electrons. The standard InChI is InChI=1S/C15H18N2O2S2/c1-11-14(21-10-16-11)5-6-17(2)15(19)4-3-13-7-12(8-18)9-20-13/h3-4,7,9-10,18H,5-6,8H2,1-2H3. The zero-order chi connectivity index (χ0) is 15.2. The first kappa shape index (κ1) is 15.9. The first-order chi connectivity index (χ1) is 10.1. The maximum absolute atomic E-state index is 12.0. The van der Waals surface area contributed by atoms with E-state index in [1.165, 1.54) is 16.2 Å². The van der Waals surface area contributed by atoms with Crippen molar-refractivity contribution in [1.82, 2.24) is 9.88 Å². The van der Waals surface area contributed by atoms with Gasteiger partial charge < -0.3 is 10.0 Å². The monoisotopic (exact) mass is 322 g/mol. The first-order valence-electron chi connectivity index (χ1n) is 6.60. The Labute approximate surface area is 132 Å². The fourth-order valence-corrected chi connectivity index (χ4v) is 3.36. The van der Waals surface area contributed by atoms with E-state index in [9.17, 15) is 4.79 Å². The second-order valence-electron chi connectivity index (χ2n) is 4.72. The molecule has 112 valence electrons. The number of hydrogen-bond donors (Lipinski definition) is 1. The Balaban J connectivity index is 1.86. The lowest BCUT2D eigenvalue weighted by molar-refractivity contribution is -0.124. The van der Waals surface area contributed by atoms with Gasteiger partial charge in [0.15, 0.2) is 0 Å². The Morgan fingerprint density at radius 2 is 2.29 bits per heavy atom. The Kier molecular flexibility index (Phi) is 5.67. The number of nitrogens with zero attached hydrogens (tertiary/aromatic N) is 2. The number of aliphatic hydroxyl groups excluding tert-OH is 1. The van der Waals surface area contributed by atoms with Crippen LogP contribution < -0.4 is 0 Å². The van der Waals surface area contributed by atoms with Crippen molar-refractivity contribution in [2.24, 2.45) is 0 Å². The molecular formula is C15H18N2O2S2. The van der Waals surface area contributed by atoms with Gasteiger partial charge in [-0.3, -0.25) is 4.79 Å². The molecule has 0 saturated carbocycles. The molecule has 0 fully saturated rings. The third kappa shape index (κ3) is 4.49. The molecule has 0 aliphatic carbocycles. The number of aliphatic hydroxyl groups is 1. The molecule has 1 amide bonds. The van der Waals surface area contributed by atoms with E-state index in [4.69, 9.17) is 5.11 Å². The molecular weight excluding hydrogens is 304 g/mol. The Morgan fingerprint density at radius 1 is 1.48 bits per heavy atom. The van der Waals surface area contributed by atoms with Crippen LogP contribution in [-0.4, -0.2) is 34.5 Å². The van der Waals surface area contributed by atoms with Crippen molar-refractivity contribution in [2.75, 3.05) is 13.6 Å². The van der Waals surface area contributed by atoms with Crippen LogP contribution >= 0.6 is 22.7 Å². The highest BCUT2D eigenvalue weighted by Gasteiger charge is 2.07. The number of likely N-dealkylation sites (N-methyl/N-ethyl adjacent to an activating group) is 1. The topological polar surface area (TPSA) is 53.4 Å². The molecule has 0 saturated heterocycles. The maximum Gasteiger partial charge on any atom is 0.246 e. The van der Waals surface area contributed by atoms with Gasteiger partial charge in [0.2, 0.25) is 5.91 Å². The summed E-state index contributed by atoms with van der Waals surface area (Å²) in [7, 11) is 1.80. The molecule has 0 aromatic carbocycles. The summed E-state index contributed by atoms with van der Waals surface area (Å²) in [5.74, 6) is -0.0175. The number of thiophene rings is 1. The van der Waals surface area contributed by atoms with Gasteiger partial charge in [0.05, 0.1) is 17.8 Å². The smallest absolute Gasteiger partial charge is 0.246 e. The zero-order valence-electron chi connectivity index (χ0n) is 12.1. The SMILES string of the molecule is Cc1ncsc1CCN(C)C(=O)C=Cc1cc(CO)cs1. The van der Waals surface area contributed by atoms with Crippen molar-refractivity contribution in [1.29, 1.82) is 0 Å². The molecule has 0 unspecified atom stereocenters. The summed E-state index contributed by atoms with van der Waals surface area (Å²) in [5, 5.41) is 10.9. The lowest BCUT2D eigenvalue weighted by atomic mass is 10.3. The number of carbonyl (C=O) groups excluding carboxylic acids is 1. The Hall–Kier alpha value is -1.50. The first-order valence-corrected chi connectivity index (χ1v) is 8.36. The summed E-state index contributed by atoms with van der Waals surface area (Å²) < 4.78 is 0. The van der Waals surface area contributed by atoms with Crippen LogP contribution in [0.25, 0.3) is 6.08 Å². The minimum absolute atomic E-state index is 0.0175. The number of rotatable bonds is 6. The molecule has 0 aliphatic rings. The van der Waals surface area contributed by atoms with Gasteiger partial charge in [0.1, 0.15) is 0 Å². The third-order valence-corrected chi connectivity index (χ3v) is 5.08. The average molecular weight is 322 g/mol. The van der Waals surface area contributed by atoms with Crippen molar-refractivity contribution in [3.63, 3.8) is 0 Å². The molecule has 21 heavy (non-hydrogen) atoms. The summed E-state index contributed by atoms with van der Waals surface area (Å²) in [4.78, 5) is 20.1. The predicted octanol–water partition coefficient (Wildman–Crippen LogP) is 2.72. The van der Waals surface area contributed by atoms with Crippen molar-refractivity contribution < 1.29 is 9.90 Å². The van der Waals surface area contributed by atoms with E-state index in [0.717, 1.165) is 22.6 Å².